The number of nitrogens with one attached hydrogen (secondary N) is 1. The zero-order valence-electron chi connectivity index (χ0n) is 9.04. The van der Waals surface area contributed by atoms with Crippen molar-refractivity contribution in [2.45, 2.75) is 4.90 Å². The summed E-state index contributed by atoms with van der Waals surface area (Å²) >= 11 is 4.52. The number of rotatable bonds is 5. The fraction of sp³-hybridized carbons (Fsp3) is 0.333. The van der Waals surface area contributed by atoms with Gasteiger partial charge < -0.3 is 5.73 Å². The van der Waals surface area contributed by atoms with Gasteiger partial charge in [0, 0.05) is 22.5 Å². The highest BCUT2D eigenvalue weighted by Gasteiger charge is 2.19. The SMILES string of the molecule is CSCCNS(=O)(=O)c1cc(N)c(Br)cc1F. The van der Waals surface area contributed by atoms with Gasteiger partial charge in [-0.3, -0.25) is 0 Å². The van der Waals surface area contributed by atoms with Crippen molar-refractivity contribution in [1.82, 2.24) is 4.72 Å². The lowest BCUT2D eigenvalue weighted by Gasteiger charge is -2.08. The summed E-state index contributed by atoms with van der Waals surface area (Å²) in [6.45, 7) is 0.249. The normalized spacial score (nSPS) is 11.7. The fourth-order valence-corrected chi connectivity index (χ4v) is 2.98. The zero-order valence-corrected chi connectivity index (χ0v) is 12.3. The molecule has 96 valence electrons. The number of benzene rings is 1. The van der Waals surface area contributed by atoms with Crippen LogP contribution in [0.5, 0.6) is 0 Å². The van der Waals surface area contributed by atoms with Crippen LogP contribution in [-0.4, -0.2) is 27.0 Å². The predicted molar refractivity (Wildman–Crippen MR) is 72.1 cm³/mol. The van der Waals surface area contributed by atoms with Crippen molar-refractivity contribution < 1.29 is 12.8 Å². The van der Waals surface area contributed by atoms with Crippen molar-refractivity contribution in [2.24, 2.45) is 0 Å². The molecule has 1 aromatic carbocycles. The first-order chi connectivity index (χ1) is 7.88. The van der Waals surface area contributed by atoms with E-state index >= 15 is 0 Å². The number of sulfonamides is 1. The van der Waals surface area contributed by atoms with Crippen LogP contribution in [0.1, 0.15) is 0 Å². The fourth-order valence-electron chi connectivity index (χ4n) is 1.11. The first kappa shape index (κ1) is 14.7. The molecule has 0 bridgehead atoms. The quantitative estimate of drug-likeness (QED) is 0.632. The molecule has 1 rings (SSSR count). The van der Waals surface area contributed by atoms with E-state index in [2.05, 4.69) is 20.7 Å². The monoisotopic (exact) mass is 342 g/mol. The molecule has 3 N–H and O–H groups in total. The second kappa shape index (κ2) is 6.03. The third kappa shape index (κ3) is 3.84. The summed E-state index contributed by atoms with van der Waals surface area (Å²) in [6, 6.07) is 2.14. The highest BCUT2D eigenvalue weighted by atomic mass is 79.9. The molecule has 0 spiro atoms. The maximum atomic E-state index is 13.5. The Labute approximate surface area is 112 Å². The van der Waals surface area contributed by atoms with Gasteiger partial charge in [0.1, 0.15) is 10.7 Å². The molecule has 0 saturated heterocycles. The molecule has 1 aromatic rings. The highest BCUT2D eigenvalue weighted by molar-refractivity contribution is 9.10. The van der Waals surface area contributed by atoms with Crippen LogP contribution in [0, 0.1) is 5.82 Å². The molecule has 0 aliphatic heterocycles. The Morgan fingerprint density at radius 3 is 2.76 bits per heavy atom. The van der Waals surface area contributed by atoms with E-state index in [1.807, 2.05) is 6.26 Å². The summed E-state index contributed by atoms with van der Waals surface area (Å²) in [5, 5.41) is 0. The van der Waals surface area contributed by atoms with Gasteiger partial charge in [0.05, 0.1) is 0 Å². The topological polar surface area (TPSA) is 72.2 Å². The summed E-state index contributed by atoms with van der Waals surface area (Å²) in [5.74, 6) is -0.213. The summed E-state index contributed by atoms with van der Waals surface area (Å²) in [6.07, 6.45) is 1.85. The lowest BCUT2D eigenvalue weighted by molar-refractivity contribution is 0.558. The Kier molecular flexibility index (Phi) is 5.23. The number of nitrogen functional groups attached to an aromatic ring is 1. The van der Waals surface area contributed by atoms with Gasteiger partial charge in [-0.25, -0.2) is 17.5 Å². The molecule has 0 amide bonds. The maximum absolute atomic E-state index is 13.5. The minimum absolute atomic E-state index is 0.177. The lowest BCUT2D eigenvalue weighted by Crippen LogP contribution is -2.27. The van der Waals surface area contributed by atoms with E-state index in [4.69, 9.17) is 5.73 Å². The molecule has 0 heterocycles. The van der Waals surface area contributed by atoms with E-state index in [9.17, 15) is 12.8 Å². The minimum atomic E-state index is -3.84. The van der Waals surface area contributed by atoms with Crippen molar-refractivity contribution in [3.63, 3.8) is 0 Å². The number of anilines is 1. The van der Waals surface area contributed by atoms with Gasteiger partial charge in [0.2, 0.25) is 10.0 Å². The highest BCUT2D eigenvalue weighted by Crippen LogP contribution is 2.25. The molecule has 0 saturated carbocycles. The Bertz CT molecular complexity index is 508. The smallest absolute Gasteiger partial charge is 0.243 e. The van der Waals surface area contributed by atoms with E-state index in [0.29, 0.717) is 10.2 Å². The summed E-state index contributed by atoms with van der Waals surface area (Å²) in [4.78, 5) is -0.431. The van der Waals surface area contributed by atoms with Crippen LogP contribution in [0.3, 0.4) is 0 Å². The Morgan fingerprint density at radius 2 is 2.18 bits per heavy atom. The van der Waals surface area contributed by atoms with Crippen LogP contribution in [0.2, 0.25) is 0 Å². The van der Waals surface area contributed by atoms with E-state index < -0.39 is 20.7 Å². The standard InChI is InChI=1S/C9H12BrFN2O2S2/c1-16-3-2-13-17(14,15)9-5-8(12)6(10)4-7(9)11/h4-5,13H,2-3,12H2,1H3. The van der Waals surface area contributed by atoms with Crippen LogP contribution in [-0.2, 0) is 10.0 Å². The maximum Gasteiger partial charge on any atom is 0.243 e. The van der Waals surface area contributed by atoms with Crippen molar-refractivity contribution in [2.75, 3.05) is 24.3 Å². The largest absolute Gasteiger partial charge is 0.398 e. The van der Waals surface area contributed by atoms with Gasteiger partial charge in [0.25, 0.3) is 0 Å². The van der Waals surface area contributed by atoms with Gasteiger partial charge in [-0.2, -0.15) is 11.8 Å². The number of nitrogens with two attached hydrogens (primary N) is 1. The van der Waals surface area contributed by atoms with Gasteiger partial charge in [-0.15, -0.1) is 0 Å². The predicted octanol–water partition coefficient (Wildman–Crippen LogP) is 1.81. The third-order valence-electron chi connectivity index (χ3n) is 1.94. The molecule has 8 heteroatoms. The molecular weight excluding hydrogens is 331 g/mol. The minimum Gasteiger partial charge on any atom is -0.398 e. The van der Waals surface area contributed by atoms with Crippen LogP contribution in [0.4, 0.5) is 10.1 Å². The average Bonchev–Trinajstić information content (AvgIpc) is 2.23. The summed E-state index contributed by atoms with van der Waals surface area (Å²) in [5.41, 5.74) is 5.71. The van der Waals surface area contributed by atoms with Crippen LogP contribution < -0.4 is 10.5 Å². The van der Waals surface area contributed by atoms with Crippen molar-refractivity contribution in [3.05, 3.63) is 22.4 Å². The molecule has 0 fully saturated rings. The molecule has 17 heavy (non-hydrogen) atoms. The van der Waals surface area contributed by atoms with Gasteiger partial charge >= 0.3 is 0 Å². The third-order valence-corrected chi connectivity index (χ3v) is 4.71. The van der Waals surface area contributed by atoms with Crippen molar-refractivity contribution in [1.29, 1.82) is 0 Å². The molecule has 0 radical (unpaired) electrons. The Balaban J connectivity index is 3.03. The van der Waals surface area contributed by atoms with E-state index in [-0.39, 0.29) is 12.2 Å². The summed E-state index contributed by atoms with van der Waals surface area (Å²) < 4.78 is 39.7. The number of hydrogen-bond donors (Lipinski definition) is 2. The van der Waals surface area contributed by atoms with Gasteiger partial charge in [0.15, 0.2) is 0 Å². The Morgan fingerprint density at radius 1 is 1.53 bits per heavy atom. The van der Waals surface area contributed by atoms with E-state index in [0.717, 1.165) is 12.1 Å². The number of halogens is 2. The van der Waals surface area contributed by atoms with Crippen molar-refractivity contribution in [3.8, 4) is 0 Å². The molecule has 4 nitrogen and oxygen atoms in total. The molecule has 0 aliphatic carbocycles. The van der Waals surface area contributed by atoms with E-state index in [1.54, 1.807) is 0 Å². The summed E-state index contributed by atoms with van der Waals surface area (Å²) in [7, 11) is -3.84. The molecular formula is C9H12BrFN2O2S2. The second-order valence-electron chi connectivity index (χ2n) is 3.19. The van der Waals surface area contributed by atoms with Gasteiger partial charge in [-0.05, 0) is 34.3 Å². The molecule has 0 unspecified atom stereocenters. The van der Waals surface area contributed by atoms with E-state index in [1.165, 1.54) is 11.8 Å². The first-order valence-corrected chi connectivity index (χ1v) is 8.28. The second-order valence-corrected chi connectivity index (χ2v) is 6.77. The molecule has 0 atom stereocenters. The zero-order chi connectivity index (χ0) is 13.1. The molecule has 0 aliphatic rings. The van der Waals surface area contributed by atoms with Crippen LogP contribution in [0.25, 0.3) is 0 Å². The number of thioether (sulfide) groups is 1. The van der Waals surface area contributed by atoms with Crippen LogP contribution in [0.15, 0.2) is 21.5 Å². The average molecular weight is 343 g/mol. The van der Waals surface area contributed by atoms with Crippen LogP contribution >= 0.6 is 27.7 Å². The Hall–Kier alpha value is -0.310. The molecule has 0 aromatic heterocycles. The number of hydrogen-bond acceptors (Lipinski definition) is 4. The van der Waals surface area contributed by atoms with Crippen molar-refractivity contribution >= 4 is 43.4 Å². The first-order valence-electron chi connectivity index (χ1n) is 4.61. The van der Waals surface area contributed by atoms with Gasteiger partial charge in [-0.1, -0.05) is 0 Å². The lowest BCUT2D eigenvalue weighted by atomic mass is 10.3.